The third kappa shape index (κ3) is 7.12. The van der Waals surface area contributed by atoms with Crippen LogP contribution in [0, 0.1) is 11.8 Å². The molecule has 1 aliphatic heterocycles. The Balaban J connectivity index is 1.64. The highest BCUT2D eigenvalue weighted by Gasteiger charge is 2.35. The van der Waals surface area contributed by atoms with Crippen LogP contribution in [0.2, 0.25) is 0 Å². The number of rotatable bonds is 6. The normalized spacial score (nSPS) is 15.9. The van der Waals surface area contributed by atoms with E-state index in [2.05, 4.69) is 0 Å². The van der Waals surface area contributed by atoms with Crippen molar-refractivity contribution in [1.82, 2.24) is 4.90 Å². The second-order valence-electron chi connectivity index (χ2n) is 9.19. The Kier molecular flexibility index (Phi) is 7.72. The van der Waals surface area contributed by atoms with E-state index in [1.165, 1.54) is 0 Å². The van der Waals surface area contributed by atoms with Gasteiger partial charge < -0.3 is 14.4 Å². The zero-order valence-corrected chi connectivity index (χ0v) is 18.8. The van der Waals surface area contributed by atoms with E-state index in [-0.39, 0.29) is 30.5 Å². The lowest BCUT2D eigenvalue weighted by molar-refractivity contribution is -0.152. The van der Waals surface area contributed by atoms with Crippen LogP contribution in [0.1, 0.15) is 44.7 Å². The number of likely N-dealkylation sites (tertiary alicyclic amines) is 1. The molecule has 1 unspecified atom stereocenters. The lowest BCUT2D eigenvalue weighted by Crippen LogP contribution is -2.44. The van der Waals surface area contributed by atoms with Crippen molar-refractivity contribution in [3.8, 4) is 0 Å². The molecule has 1 atom stereocenters. The molecule has 0 aliphatic carbocycles. The maximum atomic E-state index is 13.1. The molecule has 1 amide bonds. The van der Waals surface area contributed by atoms with Gasteiger partial charge in [-0.1, -0.05) is 60.7 Å². The smallest absolute Gasteiger partial charge is 0.410 e. The highest BCUT2D eigenvalue weighted by molar-refractivity contribution is 5.73. The highest BCUT2D eigenvalue weighted by atomic mass is 16.6. The van der Waals surface area contributed by atoms with E-state index in [0.717, 1.165) is 24.0 Å². The van der Waals surface area contributed by atoms with Crippen molar-refractivity contribution in [2.45, 2.75) is 52.2 Å². The quantitative estimate of drug-likeness (QED) is 0.597. The van der Waals surface area contributed by atoms with Crippen LogP contribution >= 0.6 is 0 Å². The number of nitrogens with zero attached hydrogens (tertiary/aromatic N) is 1. The van der Waals surface area contributed by atoms with Crippen molar-refractivity contribution in [3.05, 3.63) is 71.8 Å². The lowest BCUT2D eigenvalue weighted by atomic mass is 9.80. The fourth-order valence-electron chi connectivity index (χ4n) is 3.96. The van der Waals surface area contributed by atoms with Crippen LogP contribution in [0.3, 0.4) is 0 Å². The molecule has 1 saturated heterocycles. The summed E-state index contributed by atoms with van der Waals surface area (Å²) in [5, 5.41) is 0. The lowest BCUT2D eigenvalue weighted by Gasteiger charge is -2.36. The van der Waals surface area contributed by atoms with Gasteiger partial charge in [0.25, 0.3) is 0 Å². The summed E-state index contributed by atoms with van der Waals surface area (Å²) in [4.78, 5) is 27.2. The minimum absolute atomic E-state index is 0.163. The number of esters is 1. The number of ether oxygens (including phenoxy) is 2. The minimum Gasteiger partial charge on any atom is -0.461 e. The van der Waals surface area contributed by atoms with E-state index in [1.54, 1.807) is 4.90 Å². The van der Waals surface area contributed by atoms with Crippen LogP contribution in [-0.2, 0) is 27.3 Å². The molecule has 1 heterocycles. The number of piperidine rings is 1. The molecule has 0 saturated carbocycles. The third-order valence-electron chi connectivity index (χ3n) is 5.59. The van der Waals surface area contributed by atoms with Gasteiger partial charge in [-0.2, -0.15) is 0 Å². The maximum absolute atomic E-state index is 13.1. The average Bonchev–Trinajstić information content (AvgIpc) is 2.76. The van der Waals surface area contributed by atoms with Gasteiger partial charge in [0.2, 0.25) is 0 Å². The molecule has 0 aromatic heterocycles. The molecule has 3 rings (SSSR count). The van der Waals surface area contributed by atoms with Gasteiger partial charge in [0.1, 0.15) is 12.2 Å². The number of hydrogen-bond acceptors (Lipinski definition) is 4. The fourth-order valence-corrected chi connectivity index (χ4v) is 3.96. The number of hydrogen-bond donors (Lipinski definition) is 0. The van der Waals surface area contributed by atoms with Gasteiger partial charge in [-0.15, -0.1) is 0 Å². The molecular formula is C26H33NO4. The number of carbonyl (C=O) groups excluding carboxylic acids is 2. The molecule has 0 bridgehead atoms. The van der Waals surface area contributed by atoms with E-state index in [4.69, 9.17) is 9.47 Å². The van der Waals surface area contributed by atoms with Gasteiger partial charge in [0.05, 0.1) is 5.92 Å². The highest BCUT2D eigenvalue weighted by Crippen LogP contribution is 2.30. The van der Waals surface area contributed by atoms with Gasteiger partial charge in [-0.25, -0.2) is 4.79 Å². The monoisotopic (exact) mass is 423 g/mol. The molecule has 5 nitrogen and oxygen atoms in total. The Morgan fingerprint density at radius 1 is 0.935 bits per heavy atom. The van der Waals surface area contributed by atoms with E-state index in [1.807, 2.05) is 81.4 Å². The molecule has 1 fully saturated rings. The van der Waals surface area contributed by atoms with Crippen molar-refractivity contribution in [2.24, 2.45) is 11.8 Å². The molecule has 0 radical (unpaired) electrons. The minimum atomic E-state index is -0.509. The van der Waals surface area contributed by atoms with Crippen LogP contribution in [0.15, 0.2) is 60.7 Å². The average molecular weight is 424 g/mol. The summed E-state index contributed by atoms with van der Waals surface area (Å²) in [6.07, 6.45) is 1.89. The molecular weight excluding hydrogens is 390 g/mol. The van der Waals surface area contributed by atoms with E-state index < -0.39 is 5.60 Å². The summed E-state index contributed by atoms with van der Waals surface area (Å²) in [6.45, 7) is 7.08. The van der Waals surface area contributed by atoms with Crippen molar-refractivity contribution < 1.29 is 19.1 Å². The SMILES string of the molecule is CC(C)(C)OC(=O)N1CCC(C(Cc2ccccc2)C(=O)OCc2ccccc2)CC1. The molecule has 2 aromatic carbocycles. The molecule has 166 valence electrons. The topological polar surface area (TPSA) is 55.8 Å². The number of benzene rings is 2. The van der Waals surface area contributed by atoms with Gasteiger partial charge >= 0.3 is 12.1 Å². The van der Waals surface area contributed by atoms with Crippen molar-refractivity contribution in [2.75, 3.05) is 13.1 Å². The standard InChI is InChI=1S/C26H33NO4/c1-26(2,3)31-25(29)27-16-14-22(15-17-27)23(18-20-10-6-4-7-11-20)24(28)30-19-21-12-8-5-9-13-21/h4-13,22-23H,14-19H2,1-3H3. The van der Waals surface area contributed by atoms with Crippen LogP contribution in [0.4, 0.5) is 4.79 Å². The third-order valence-corrected chi connectivity index (χ3v) is 5.59. The Morgan fingerprint density at radius 2 is 1.48 bits per heavy atom. The maximum Gasteiger partial charge on any atom is 0.410 e. The molecule has 5 heteroatoms. The summed E-state index contributed by atoms with van der Waals surface area (Å²) >= 11 is 0. The van der Waals surface area contributed by atoms with Gasteiger partial charge in [0, 0.05) is 13.1 Å². The summed E-state index contributed by atoms with van der Waals surface area (Å²) in [6, 6.07) is 19.8. The predicted molar refractivity (Wildman–Crippen MR) is 120 cm³/mol. The van der Waals surface area contributed by atoms with Crippen LogP contribution in [0.25, 0.3) is 0 Å². The number of carbonyl (C=O) groups is 2. The molecule has 0 N–H and O–H groups in total. The first-order chi connectivity index (χ1) is 14.8. The zero-order chi connectivity index (χ0) is 22.3. The van der Waals surface area contributed by atoms with E-state index >= 15 is 0 Å². The molecule has 1 aliphatic rings. The Bertz CT molecular complexity index is 837. The predicted octanol–water partition coefficient (Wildman–Crippen LogP) is 5.24. The van der Waals surface area contributed by atoms with E-state index in [0.29, 0.717) is 19.5 Å². The van der Waals surface area contributed by atoms with Crippen LogP contribution in [-0.4, -0.2) is 35.7 Å². The Hall–Kier alpha value is -2.82. The largest absolute Gasteiger partial charge is 0.461 e. The zero-order valence-electron chi connectivity index (χ0n) is 18.8. The summed E-state index contributed by atoms with van der Waals surface area (Å²) in [7, 11) is 0. The Labute approximate surface area is 185 Å². The summed E-state index contributed by atoms with van der Waals surface area (Å²) < 4.78 is 11.2. The second-order valence-corrected chi connectivity index (χ2v) is 9.19. The Morgan fingerprint density at radius 3 is 2.03 bits per heavy atom. The molecule has 0 spiro atoms. The van der Waals surface area contributed by atoms with Crippen LogP contribution < -0.4 is 0 Å². The first kappa shape index (κ1) is 22.9. The van der Waals surface area contributed by atoms with Gasteiger partial charge in [-0.3, -0.25) is 4.79 Å². The molecule has 2 aromatic rings. The number of amides is 1. The van der Waals surface area contributed by atoms with Gasteiger partial charge in [-0.05, 0) is 57.1 Å². The fraction of sp³-hybridized carbons (Fsp3) is 0.462. The van der Waals surface area contributed by atoms with Crippen LogP contribution in [0.5, 0.6) is 0 Å². The van der Waals surface area contributed by atoms with Crippen molar-refractivity contribution >= 4 is 12.1 Å². The summed E-state index contributed by atoms with van der Waals surface area (Å²) in [5.41, 5.74) is 1.60. The van der Waals surface area contributed by atoms with Gasteiger partial charge in [0.15, 0.2) is 0 Å². The van der Waals surface area contributed by atoms with Crippen molar-refractivity contribution in [1.29, 1.82) is 0 Å². The van der Waals surface area contributed by atoms with E-state index in [9.17, 15) is 9.59 Å². The summed E-state index contributed by atoms with van der Waals surface area (Å²) in [5.74, 6) is -0.225. The first-order valence-corrected chi connectivity index (χ1v) is 11.0. The van der Waals surface area contributed by atoms with Crippen molar-refractivity contribution in [3.63, 3.8) is 0 Å². The second kappa shape index (κ2) is 10.5. The molecule has 31 heavy (non-hydrogen) atoms. The first-order valence-electron chi connectivity index (χ1n) is 11.0.